The van der Waals surface area contributed by atoms with Gasteiger partial charge in [0.05, 0.1) is 0 Å². The number of benzene rings is 2. The Kier molecular flexibility index (Phi) is 3.17. The van der Waals surface area contributed by atoms with Crippen molar-refractivity contribution in [2.45, 2.75) is 39.0 Å². The van der Waals surface area contributed by atoms with Gasteiger partial charge in [0.15, 0.2) is 0 Å². The molecule has 1 heteroatoms. The van der Waals surface area contributed by atoms with E-state index < -0.39 is 0 Å². The molecule has 132 valence electrons. The van der Waals surface area contributed by atoms with Crippen LogP contribution in [0, 0.1) is 0 Å². The Morgan fingerprint density at radius 3 is 2.70 bits per heavy atom. The monoisotopic (exact) mass is 350 g/mol. The van der Waals surface area contributed by atoms with Gasteiger partial charge in [0.2, 0.25) is 0 Å². The number of allylic oxidation sites excluding steroid dienone is 5. The quantitative estimate of drug-likeness (QED) is 0.456. The van der Waals surface area contributed by atoms with E-state index in [2.05, 4.69) is 61.5 Å². The van der Waals surface area contributed by atoms with Crippen LogP contribution in [0.15, 0.2) is 64.1 Å². The van der Waals surface area contributed by atoms with Crippen molar-refractivity contribution in [1.29, 1.82) is 0 Å². The molecule has 1 heterocycles. The van der Waals surface area contributed by atoms with Crippen LogP contribution in [0.25, 0.3) is 33.7 Å². The minimum absolute atomic E-state index is 1.01. The average Bonchev–Trinajstić information content (AvgIpc) is 3.26. The molecule has 1 nitrogen and oxygen atoms in total. The second-order valence-electron chi connectivity index (χ2n) is 8.08. The standard InChI is InChI=1S/C26H22O/c1-16-12-13-25-24(14-16)22-11-5-10-21(26(22)27-25)20-9-4-8-19-18-7-3-2-6-17(18)15-23(19)20/h3-5,7-11,14H,2,6,12-13,15H2,1H3. The Morgan fingerprint density at radius 2 is 1.74 bits per heavy atom. The fraction of sp³-hybridized carbons (Fsp3) is 0.231. The number of aryl methyl sites for hydroxylation is 1. The molecule has 1 aromatic heterocycles. The van der Waals surface area contributed by atoms with Crippen LogP contribution in [-0.4, -0.2) is 0 Å². The fourth-order valence-corrected chi connectivity index (χ4v) is 5.04. The van der Waals surface area contributed by atoms with Gasteiger partial charge < -0.3 is 4.42 Å². The van der Waals surface area contributed by atoms with Gasteiger partial charge in [-0.2, -0.15) is 0 Å². The van der Waals surface area contributed by atoms with Crippen molar-refractivity contribution in [3.8, 4) is 11.1 Å². The highest BCUT2D eigenvalue weighted by Gasteiger charge is 2.26. The van der Waals surface area contributed by atoms with E-state index in [1.54, 1.807) is 5.57 Å². The zero-order chi connectivity index (χ0) is 18.0. The zero-order valence-electron chi connectivity index (χ0n) is 15.6. The molecule has 0 fully saturated rings. The van der Waals surface area contributed by atoms with Crippen molar-refractivity contribution in [2.24, 2.45) is 0 Å². The molecule has 0 amide bonds. The zero-order valence-corrected chi connectivity index (χ0v) is 15.6. The van der Waals surface area contributed by atoms with Crippen LogP contribution >= 0.6 is 0 Å². The van der Waals surface area contributed by atoms with Gasteiger partial charge in [-0.3, -0.25) is 0 Å². The van der Waals surface area contributed by atoms with Crippen molar-refractivity contribution in [1.82, 2.24) is 0 Å². The van der Waals surface area contributed by atoms with Gasteiger partial charge in [0.1, 0.15) is 11.3 Å². The molecule has 0 aliphatic heterocycles. The maximum atomic E-state index is 6.43. The van der Waals surface area contributed by atoms with Crippen LogP contribution < -0.4 is 0 Å². The van der Waals surface area contributed by atoms with E-state index in [4.69, 9.17) is 4.42 Å². The van der Waals surface area contributed by atoms with Crippen LogP contribution in [0.4, 0.5) is 0 Å². The summed E-state index contributed by atoms with van der Waals surface area (Å²) >= 11 is 0. The first-order chi connectivity index (χ1) is 13.3. The summed E-state index contributed by atoms with van der Waals surface area (Å²) in [5.41, 5.74) is 12.3. The molecule has 0 atom stereocenters. The summed E-state index contributed by atoms with van der Waals surface area (Å²) in [4.78, 5) is 0. The lowest BCUT2D eigenvalue weighted by Crippen LogP contribution is -1.93. The van der Waals surface area contributed by atoms with E-state index in [-0.39, 0.29) is 0 Å². The molecule has 0 unspecified atom stereocenters. The summed E-state index contributed by atoms with van der Waals surface area (Å²) in [6.07, 6.45) is 12.5. The lowest BCUT2D eigenvalue weighted by atomic mass is 9.92. The molecule has 0 saturated carbocycles. The molecular weight excluding hydrogens is 328 g/mol. The van der Waals surface area contributed by atoms with Crippen LogP contribution in [0.3, 0.4) is 0 Å². The van der Waals surface area contributed by atoms with Crippen molar-refractivity contribution in [3.05, 3.63) is 82.1 Å². The van der Waals surface area contributed by atoms with Crippen molar-refractivity contribution in [3.63, 3.8) is 0 Å². The molecule has 0 bridgehead atoms. The van der Waals surface area contributed by atoms with Crippen molar-refractivity contribution >= 4 is 22.6 Å². The van der Waals surface area contributed by atoms with Gasteiger partial charge in [-0.05, 0) is 54.9 Å². The van der Waals surface area contributed by atoms with Crippen LogP contribution in [-0.2, 0) is 12.8 Å². The second-order valence-corrected chi connectivity index (χ2v) is 8.08. The molecule has 0 N–H and O–H groups in total. The summed E-state index contributed by atoms with van der Waals surface area (Å²) in [7, 11) is 0. The first-order valence-corrected chi connectivity index (χ1v) is 10.0. The maximum absolute atomic E-state index is 6.43. The van der Waals surface area contributed by atoms with E-state index in [1.807, 2.05) is 0 Å². The summed E-state index contributed by atoms with van der Waals surface area (Å²) in [5, 5.41) is 1.26. The molecule has 3 aromatic rings. The maximum Gasteiger partial charge on any atom is 0.142 e. The van der Waals surface area contributed by atoms with Crippen molar-refractivity contribution in [2.75, 3.05) is 0 Å². The average molecular weight is 350 g/mol. The molecule has 27 heavy (non-hydrogen) atoms. The summed E-state index contributed by atoms with van der Waals surface area (Å²) in [6.45, 7) is 2.22. The van der Waals surface area contributed by atoms with E-state index >= 15 is 0 Å². The number of hydrogen-bond acceptors (Lipinski definition) is 1. The van der Waals surface area contributed by atoms with Gasteiger partial charge in [0.25, 0.3) is 0 Å². The number of rotatable bonds is 1. The van der Waals surface area contributed by atoms with E-state index in [0.29, 0.717) is 0 Å². The Hall–Kier alpha value is -2.80. The Balaban J connectivity index is 1.58. The van der Waals surface area contributed by atoms with Gasteiger partial charge in [-0.25, -0.2) is 0 Å². The van der Waals surface area contributed by atoms with Crippen LogP contribution in [0.2, 0.25) is 0 Å². The molecule has 0 saturated heterocycles. The highest BCUT2D eigenvalue weighted by atomic mass is 16.3. The molecule has 6 rings (SSSR count). The third-order valence-corrected chi connectivity index (χ3v) is 6.39. The van der Waals surface area contributed by atoms with Gasteiger partial charge in [-0.1, -0.05) is 65.8 Å². The second kappa shape index (κ2) is 5.60. The highest BCUT2D eigenvalue weighted by Crippen LogP contribution is 2.45. The lowest BCUT2D eigenvalue weighted by molar-refractivity contribution is 0.544. The first-order valence-electron chi connectivity index (χ1n) is 10.0. The van der Waals surface area contributed by atoms with Crippen LogP contribution in [0.1, 0.15) is 48.6 Å². The predicted octanol–water partition coefficient (Wildman–Crippen LogP) is 7.11. The first kappa shape index (κ1) is 15.3. The molecular formula is C26H22O. The Bertz CT molecular complexity index is 1200. The minimum Gasteiger partial charge on any atom is -0.460 e. The van der Waals surface area contributed by atoms with Crippen LogP contribution in [0.5, 0.6) is 0 Å². The largest absolute Gasteiger partial charge is 0.460 e. The summed E-state index contributed by atoms with van der Waals surface area (Å²) in [5.74, 6) is 1.15. The van der Waals surface area contributed by atoms with Gasteiger partial charge in [0, 0.05) is 22.9 Å². The smallest absolute Gasteiger partial charge is 0.142 e. The topological polar surface area (TPSA) is 13.1 Å². The lowest BCUT2D eigenvalue weighted by Gasteiger charge is -2.10. The number of fused-ring (bicyclic) bond motifs is 5. The fourth-order valence-electron chi connectivity index (χ4n) is 5.04. The molecule has 3 aliphatic carbocycles. The number of furan rings is 1. The number of hydrogen-bond donors (Lipinski definition) is 0. The Labute approximate surface area is 159 Å². The van der Waals surface area contributed by atoms with E-state index in [9.17, 15) is 0 Å². The summed E-state index contributed by atoms with van der Waals surface area (Å²) < 4.78 is 6.43. The SMILES string of the molecule is CC1=Cc2c(oc3c(-c4cccc5c4CC4=C5C=CCC4)cccc23)CC1. The molecule has 3 aliphatic rings. The van der Waals surface area contributed by atoms with E-state index in [0.717, 1.165) is 30.6 Å². The van der Waals surface area contributed by atoms with Gasteiger partial charge >= 0.3 is 0 Å². The molecule has 2 aromatic carbocycles. The number of para-hydroxylation sites is 1. The molecule has 0 radical (unpaired) electrons. The third-order valence-electron chi connectivity index (χ3n) is 6.39. The normalized spacial score (nSPS) is 17.7. The predicted molar refractivity (Wildman–Crippen MR) is 113 cm³/mol. The molecule has 0 spiro atoms. The van der Waals surface area contributed by atoms with E-state index in [1.165, 1.54) is 57.2 Å². The van der Waals surface area contributed by atoms with Gasteiger partial charge in [-0.15, -0.1) is 0 Å². The Morgan fingerprint density at radius 1 is 0.889 bits per heavy atom. The minimum atomic E-state index is 1.01. The highest BCUT2D eigenvalue weighted by molar-refractivity contribution is 6.00. The summed E-state index contributed by atoms with van der Waals surface area (Å²) in [6, 6.07) is 13.4. The third kappa shape index (κ3) is 2.18. The van der Waals surface area contributed by atoms with Crippen molar-refractivity contribution < 1.29 is 4.42 Å².